The Hall–Kier alpha value is -4.02. The molecule has 0 bridgehead atoms. The quantitative estimate of drug-likeness (QED) is 0.393. The van der Waals surface area contributed by atoms with Crippen LogP contribution in [-0.2, 0) is 13.6 Å². The van der Waals surface area contributed by atoms with Crippen molar-refractivity contribution in [1.82, 2.24) is 24.6 Å². The third-order valence-corrected chi connectivity index (χ3v) is 7.13. The lowest BCUT2D eigenvalue weighted by Crippen LogP contribution is -2.29. The third kappa shape index (κ3) is 3.76. The summed E-state index contributed by atoms with van der Waals surface area (Å²) in [5.41, 5.74) is 5.12. The minimum Gasteiger partial charge on any atom is -0.346 e. The molecular weight excluding hydrogens is 439 g/mol. The van der Waals surface area contributed by atoms with Crippen LogP contribution < -0.4 is 5.32 Å². The minimum atomic E-state index is -0.423. The maximum atomic E-state index is 15.4. The van der Waals surface area contributed by atoms with Gasteiger partial charge in [-0.25, -0.2) is 4.39 Å². The molecule has 0 spiro atoms. The summed E-state index contributed by atoms with van der Waals surface area (Å²) in [4.78, 5) is 4.88. The highest BCUT2D eigenvalue weighted by molar-refractivity contribution is 6.02. The Kier molecular flexibility index (Phi) is 5.31. The van der Waals surface area contributed by atoms with Crippen molar-refractivity contribution < 1.29 is 4.39 Å². The monoisotopic (exact) mass is 464 g/mol. The van der Waals surface area contributed by atoms with Gasteiger partial charge in [0, 0.05) is 47.3 Å². The van der Waals surface area contributed by atoms with Crippen LogP contribution in [0.2, 0.25) is 0 Å². The number of rotatable bonds is 4. The Bertz CT molecular complexity index is 1600. The lowest BCUT2D eigenvalue weighted by atomic mass is 9.94. The van der Waals surface area contributed by atoms with Crippen LogP contribution in [-0.4, -0.2) is 32.4 Å². The van der Waals surface area contributed by atoms with Gasteiger partial charge >= 0.3 is 0 Å². The van der Waals surface area contributed by atoms with E-state index >= 15 is 4.39 Å². The number of benzene rings is 2. The van der Waals surface area contributed by atoms with Crippen molar-refractivity contribution in [3.05, 3.63) is 72.4 Å². The molecule has 0 unspecified atom stereocenters. The molecule has 1 aliphatic heterocycles. The number of aryl methyl sites for hydroxylation is 1. The SMILES string of the molecule is Cn1ncc2cc(-c3ncc4c(ccn4CC4CCNCC4)c3-c3ccc(C#N)cc3F)ccc21. The van der Waals surface area contributed by atoms with Crippen LogP contribution in [0, 0.1) is 23.1 Å². The second kappa shape index (κ2) is 8.64. The summed E-state index contributed by atoms with van der Waals surface area (Å²) in [5.74, 6) is 0.183. The van der Waals surface area contributed by atoms with E-state index in [0.717, 1.165) is 65.4 Å². The first-order chi connectivity index (χ1) is 17.1. The van der Waals surface area contributed by atoms with Crippen LogP contribution in [0.25, 0.3) is 44.2 Å². The lowest BCUT2D eigenvalue weighted by molar-refractivity contribution is 0.337. The van der Waals surface area contributed by atoms with Crippen LogP contribution in [0.5, 0.6) is 0 Å². The molecule has 0 saturated carbocycles. The molecule has 0 aliphatic carbocycles. The van der Waals surface area contributed by atoms with Gasteiger partial charge < -0.3 is 9.88 Å². The number of hydrogen-bond acceptors (Lipinski definition) is 4. The van der Waals surface area contributed by atoms with E-state index in [2.05, 4.69) is 27.2 Å². The van der Waals surface area contributed by atoms with E-state index in [1.165, 1.54) is 6.07 Å². The van der Waals surface area contributed by atoms with Gasteiger partial charge in [0.2, 0.25) is 0 Å². The van der Waals surface area contributed by atoms with Crippen molar-refractivity contribution >= 4 is 21.8 Å². The number of nitriles is 1. The first kappa shape index (κ1) is 21.5. The van der Waals surface area contributed by atoms with Crippen molar-refractivity contribution in [2.45, 2.75) is 19.4 Å². The Labute approximate surface area is 202 Å². The van der Waals surface area contributed by atoms with Gasteiger partial charge in [-0.1, -0.05) is 12.1 Å². The van der Waals surface area contributed by atoms with Gasteiger partial charge in [-0.05, 0) is 62.2 Å². The van der Waals surface area contributed by atoms with Gasteiger partial charge in [-0.3, -0.25) is 9.67 Å². The van der Waals surface area contributed by atoms with E-state index in [1.54, 1.807) is 12.1 Å². The normalized spacial score (nSPS) is 14.5. The number of aromatic nitrogens is 4. The minimum absolute atomic E-state index is 0.299. The number of piperidine rings is 1. The van der Waals surface area contributed by atoms with Crippen molar-refractivity contribution in [3.8, 4) is 28.5 Å². The molecular formula is C28H25FN6. The van der Waals surface area contributed by atoms with Crippen molar-refractivity contribution in [3.63, 3.8) is 0 Å². The summed E-state index contributed by atoms with van der Waals surface area (Å²) in [6, 6.07) is 14.8. The zero-order valence-corrected chi connectivity index (χ0v) is 19.5. The maximum absolute atomic E-state index is 15.4. The highest BCUT2D eigenvalue weighted by Gasteiger charge is 2.21. The molecule has 1 fully saturated rings. The van der Waals surface area contributed by atoms with Crippen LogP contribution in [0.1, 0.15) is 18.4 Å². The topological polar surface area (TPSA) is 71.5 Å². The number of halogens is 1. The molecule has 7 heteroatoms. The number of pyridine rings is 1. The van der Waals surface area contributed by atoms with Crippen LogP contribution in [0.3, 0.4) is 0 Å². The second-order valence-corrected chi connectivity index (χ2v) is 9.29. The smallest absolute Gasteiger partial charge is 0.132 e. The standard InChI is InChI=1S/C28H25FN6/c1-34-25-5-3-20(13-21(25)15-33-34)28-27(22-4-2-19(14-30)12-24(22)29)23-8-11-35(26(23)16-32-28)17-18-6-9-31-10-7-18/h2-5,8,11-13,15-16,18,31H,6-7,9-10,17H2,1H3. The molecule has 3 aromatic heterocycles. The average molecular weight is 465 g/mol. The first-order valence-corrected chi connectivity index (χ1v) is 11.9. The fourth-order valence-electron chi connectivity index (χ4n) is 5.25. The van der Waals surface area contributed by atoms with Gasteiger partial charge in [-0.2, -0.15) is 10.4 Å². The molecule has 1 N–H and O–H groups in total. The molecule has 1 saturated heterocycles. The summed E-state index contributed by atoms with van der Waals surface area (Å²) >= 11 is 0. The lowest BCUT2D eigenvalue weighted by Gasteiger charge is -2.23. The fraction of sp³-hybridized carbons (Fsp3) is 0.250. The van der Waals surface area contributed by atoms with Gasteiger partial charge in [0.1, 0.15) is 5.82 Å². The Morgan fingerprint density at radius 2 is 1.94 bits per heavy atom. The largest absolute Gasteiger partial charge is 0.346 e. The molecule has 0 atom stereocenters. The molecule has 6 rings (SSSR count). The van der Waals surface area contributed by atoms with Crippen LogP contribution in [0.15, 0.2) is 61.1 Å². The molecule has 174 valence electrons. The van der Waals surface area contributed by atoms with Crippen LogP contribution in [0.4, 0.5) is 4.39 Å². The van der Waals surface area contributed by atoms with E-state index in [-0.39, 0.29) is 0 Å². The Morgan fingerprint density at radius 1 is 1.09 bits per heavy atom. The van der Waals surface area contributed by atoms with E-state index in [0.29, 0.717) is 22.7 Å². The zero-order chi connectivity index (χ0) is 23.9. The second-order valence-electron chi connectivity index (χ2n) is 9.29. The highest BCUT2D eigenvalue weighted by atomic mass is 19.1. The molecule has 35 heavy (non-hydrogen) atoms. The molecule has 0 radical (unpaired) electrons. The van der Waals surface area contributed by atoms with E-state index in [4.69, 9.17) is 4.98 Å². The van der Waals surface area contributed by atoms with Gasteiger partial charge in [0.05, 0.1) is 40.8 Å². The number of hydrogen-bond donors (Lipinski definition) is 1. The average Bonchev–Trinajstić information content (AvgIpc) is 3.47. The van der Waals surface area contributed by atoms with E-state index < -0.39 is 5.82 Å². The predicted molar refractivity (Wildman–Crippen MR) is 135 cm³/mol. The summed E-state index contributed by atoms with van der Waals surface area (Å²) < 4.78 is 19.5. The number of nitrogens with zero attached hydrogens (tertiary/aromatic N) is 5. The molecule has 2 aromatic carbocycles. The molecule has 6 nitrogen and oxygen atoms in total. The summed E-state index contributed by atoms with van der Waals surface area (Å²) in [6.07, 6.45) is 8.12. The van der Waals surface area contributed by atoms with E-state index in [1.807, 2.05) is 48.4 Å². The Balaban J connectivity index is 1.55. The Morgan fingerprint density at radius 3 is 2.74 bits per heavy atom. The van der Waals surface area contributed by atoms with Gasteiger partial charge in [0.15, 0.2) is 0 Å². The number of nitrogens with one attached hydrogen (secondary N) is 1. The van der Waals surface area contributed by atoms with Gasteiger partial charge in [0.25, 0.3) is 0 Å². The van der Waals surface area contributed by atoms with Crippen LogP contribution >= 0.6 is 0 Å². The molecule has 5 aromatic rings. The van der Waals surface area contributed by atoms with E-state index in [9.17, 15) is 5.26 Å². The summed E-state index contributed by atoms with van der Waals surface area (Å²) in [6.45, 7) is 3.01. The fourth-order valence-corrected chi connectivity index (χ4v) is 5.25. The predicted octanol–water partition coefficient (Wildman–Crippen LogP) is 5.27. The molecule has 0 amide bonds. The van der Waals surface area contributed by atoms with Crippen molar-refractivity contribution in [2.24, 2.45) is 13.0 Å². The third-order valence-electron chi connectivity index (χ3n) is 7.13. The first-order valence-electron chi connectivity index (χ1n) is 11.9. The van der Waals surface area contributed by atoms with Gasteiger partial charge in [-0.15, -0.1) is 0 Å². The summed E-state index contributed by atoms with van der Waals surface area (Å²) in [7, 11) is 1.91. The molecule has 1 aliphatic rings. The number of fused-ring (bicyclic) bond motifs is 2. The highest BCUT2D eigenvalue weighted by Crippen LogP contribution is 2.39. The zero-order valence-electron chi connectivity index (χ0n) is 19.5. The summed E-state index contributed by atoms with van der Waals surface area (Å²) in [5, 5.41) is 19.0. The maximum Gasteiger partial charge on any atom is 0.132 e. The molecule has 4 heterocycles. The van der Waals surface area contributed by atoms with Crippen molar-refractivity contribution in [2.75, 3.05) is 13.1 Å². The van der Waals surface area contributed by atoms with Crippen molar-refractivity contribution in [1.29, 1.82) is 5.26 Å².